The van der Waals surface area contributed by atoms with Crippen molar-refractivity contribution in [2.24, 2.45) is 11.7 Å². The number of imidazole rings is 1. The Morgan fingerprint density at radius 1 is 1.08 bits per heavy atom. The van der Waals surface area contributed by atoms with Crippen LogP contribution in [0.1, 0.15) is 63.1 Å². The molecule has 4 rings (SSSR count). The highest BCUT2D eigenvalue weighted by Crippen LogP contribution is 2.48. The Hall–Kier alpha value is -1.75. The first kappa shape index (κ1) is 16.7. The zero-order valence-electron chi connectivity index (χ0n) is 14.4. The number of rotatable bonds is 4. The molecule has 134 valence electrons. The summed E-state index contributed by atoms with van der Waals surface area (Å²) in [4.78, 5) is 7.98. The first-order chi connectivity index (χ1) is 12.1. The van der Waals surface area contributed by atoms with Gasteiger partial charge in [-0.3, -0.25) is 0 Å². The average molecular weight is 345 g/mol. The van der Waals surface area contributed by atoms with Crippen molar-refractivity contribution < 1.29 is 8.78 Å². The van der Waals surface area contributed by atoms with E-state index in [-0.39, 0.29) is 11.5 Å². The molecule has 5 heteroatoms. The summed E-state index contributed by atoms with van der Waals surface area (Å²) in [6.07, 6.45) is 11.2. The number of nitrogens with two attached hydrogens (primary N) is 1. The van der Waals surface area contributed by atoms with Crippen LogP contribution in [-0.4, -0.2) is 15.5 Å². The van der Waals surface area contributed by atoms with Crippen LogP contribution in [0.25, 0.3) is 11.3 Å². The van der Waals surface area contributed by atoms with Gasteiger partial charge in [0, 0.05) is 17.0 Å². The number of aromatic nitrogens is 2. The molecule has 1 atom stereocenters. The van der Waals surface area contributed by atoms with Gasteiger partial charge in [-0.1, -0.05) is 19.3 Å². The molecule has 0 saturated heterocycles. The lowest BCUT2D eigenvalue weighted by molar-refractivity contribution is 0.130. The molecule has 25 heavy (non-hydrogen) atoms. The summed E-state index contributed by atoms with van der Waals surface area (Å²) in [7, 11) is 0. The monoisotopic (exact) mass is 345 g/mol. The Balaban J connectivity index is 1.66. The van der Waals surface area contributed by atoms with Gasteiger partial charge in [0.1, 0.15) is 5.82 Å². The number of H-pyrrole nitrogens is 1. The number of nitrogens with one attached hydrogen (secondary N) is 1. The molecule has 0 radical (unpaired) electrons. The molecule has 2 fully saturated rings. The summed E-state index contributed by atoms with van der Waals surface area (Å²) in [5.74, 6) is 0.0168. The largest absolute Gasteiger partial charge is 0.342 e. The maximum Gasteiger partial charge on any atom is 0.159 e. The van der Waals surface area contributed by atoms with Crippen molar-refractivity contribution >= 4 is 0 Å². The van der Waals surface area contributed by atoms with E-state index in [0.717, 1.165) is 30.4 Å². The molecule has 1 heterocycles. The van der Waals surface area contributed by atoms with Crippen LogP contribution in [0, 0.1) is 17.6 Å². The standard InChI is InChI=1S/C20H25F2N3/c21-15-8-7-14(11-16(15)22)17-12-24-19(25-17)18(20(23)9-4-10-20)13-5-2-1-3-6-13/h7-8,11-13,18H,1-6,9-10,23H2,(H,24,25)/t18-/m1/s1. The lowest BCUT2D eigenvalue weighted by Crippen LogP contribution is -2.54. The van der Waals surface area contributed by atoms with E-state index >= 15 is 0 Å². The van der Waals surface area contributed by atoms with Crippen LogP contribution in [0.4, 0.5) is 8.78 Å². The molecule has 1 aromatic carbocycles. The molecule has 0 bridgehead atoms. The van der Waals surface area contributed by atoms with Crippen LogP contribution in [0.2, 0.25) is 0 Å². The fourth-order valence-corrected chi connectivity index (χ4v) is 4.63. The zero-order chi connectivity index (χ0) is 17.4. The van der Waals surface area contributed by atoms with E-state index in [4.69, 9.17) is 5.73 Å². The second kappa shape index (κ2) is 6.52. The molecular weight excluding hydrogens is 320 g/mol. The molecule has 0 aliphatic heterocycles. The number of hydrogen-bond donors (Lipinski definition) is 2. The van der Waals surface area contributed by atoms with Crippen LogP contribution < -0.4 is 5.73 Å². The normalized spacial score (nSPS) is 21.7. The van der Waals surface area contributed by atoms with Crippen molar-refractivity contribution in [1.29, 1.82) is 0 Å². The Morgan fingerprint density at radius 2 is 1.84 bits per heavy atom. The van der Waals surface area contributed by atoms with Crippen molar-refractivity contribution in [2.75, 3.05) is 0 Å². The summed E-state index contributed by atoms with van der Waals surface area (Å²) in [6, 6.07) is 3.94. The van der Waals surface area contributed by atoms with E-state index in [9.17, 15) is 8.78 Å². The van der Waals surface area contributed by atoms with Crippen molar-refractivity contribution in [3.05, 3.63) is 41.9 Å². The zero-order valence-corrected chi connectivity index (χ0v) is 14.4. The highest BCUT2D eigenvalue weighted by atomic mass is 19.2. The second-order valence-corrected chi connectivity index (χ2v) is 7.77. The van der Waals surface area contributed by atoms with Gasteiger partial charge < -0.3 is 10.7 Å². The molecule has 0 amide bonds. The van der Waals surface area contributed by atoms with Gasteiger partial charge in [-0.2, -0.15) is 0 Å². The van der Waals surface area contributed by atoms with Crippen molar-refractivity contribution in [2.45, 2.75) is 62.8 Å². The number of nitrogens with zero attached hydrogens (tertiary/aromatic N) is 1. The number of benzene rings is 1. The Morgan fingerprint density at radius 3 is 2.48 bits per heavy atom. The summed E-state index contributed by atoms with van der Waals surface area (Å²) in [5, 5.41) is 0. The fourth-order valence-electron chi connectivity index (χ4n) is 4.63. The first-order valence-corrected chi connectivity index (χ1v) is 9.36. The molecule has 2 aromatic rings. The number of hydrogen-bond acceptors (Lipinski definition) is 2. The molecule has 2 aliphatic rings. The van der Waals surface area contributed by atoms with Crippen molar-refractivity contribution in [3.8, 4) is 11.3 Å². The van der Waals surface area contributed by atoms with Gasteiger partial charge in [0.05, 0.1) is 11.9 Å². The quantitative estimate of drug-likeness (QED) is 0.828. The maximum absolute atomic E-state index is 13.5. The topological polar surface area (TPSA) is 54.7 Å². The van der Waals surface area contributed by atoms with Crippen LogP contribution in [-0.2, 0) is 0 Å². The lowest BCUT2D eigenvalue weighted by Gasteiger charge is -2.48. The molecule has 0 spiro atoms. The van der Waals surface area contributed by atoms with Gasteiger partial charge in [0.2, 0.25) is 0 Å². The van der Waals surface area contributed by atoms with Crippen LogP contribution in [0.3, 0.4) is 0 Å². The molecule has 2 saturated carbocycles. The minimum atomic E-state index is -0.841. The van der Waals surface area contributed by atoms with Gasteiger partial charge in [-0.15, -0.1) is 0 Å². The molecule has 1 aromatic heterocycles. The highest BCUT2D eigenvalue weighted by Gasteiger charge is 2.46. The molecular formula is C20H25F2N3. The van der Waals surface area contributed by atoms with Crippen LogP contribution >= 0.6 is 0 Å². The minimum absolute atomic E-state index is 0.175. The summed E-state index contributed by atoms with van der Waals surface area (Å²) in [5.41, 5.74) is 7.89. The van der Waals surface area contributed by atoms with Crippen molar-refractivity contribution in [3.63, 3.8) is 0 Å². The summed E-state index contributed by atoms with van der Waals surface area (Å²) >= 11 is 0. The van der Waals surface area contributed by atoms with Crippen LogP contribution in [0.5, 0.6) is 0 Å². The van der Waals surface area contributed by atoms with E-state index in [0.29, 0.717) is 11.5 Å². The number of aromatic amines is 1. The van der Waals surface area contributed by atoms with E-state index in [1.807, 2.05) is 0 Å². The predicted octanol–water partition coefficient (Wildman–Crippen LogP) is 4.90. The lowest BCUT2D eigenvalue weighted by atomic mass is 9.61. The Bertz CT molecular complexity index is 745. The van der Waals surface area contributed by atoms with Crippen LogP contribution in [0.15, 0.2) is 24.4 Å². The molecule has 3 nitrogen and oxygen atoms in total. The van der Waals surface area contributed by atoms with Gasteiger partial charge in [-0.25, -0.2) is 13.8 Å². The van der Waals surface area contributed by atoms with Crippen molar-refractivity contribution in [1.82, 2.24) is 9.97 Å². The summed E-state index contributed by atoms with van der Waals surface area (Å²) in [6.45, 7) is 0. The fraction of sp³-hybridized carbons (Fsp3) is 0.550. The van der Waals surface area contributed by atoms with E-state index in [1.165, 1.54) is 44.6 Å². The minimum Gasteiger partial charge on any atom is -0.342 e. The van der Waals surface area contributed by atoms with Gasteiger partial charge in [0.25, 0.3) is 0 Å². The van der Waals surface area contributed by atoms with Gasteiger partial charge >= 0.3 is 0 Å². The van der Waals surface area contributed by atoms with E-state index < -0.39 is 11.6 Å². The third-order valence-electron chi connectivity index (χ3n) is 6.15. The average Bonchev–Trinajstić information content (AvgIpc) is 3.06. The SMILES string of the molecule is NC1([C@@H](c2ncc(-c3ccc(F)c(F)c3)[nH]2)C2CCCCC2)CCC1. The third-order valence-corrected chi connectivity index (χ3v) is 6.15. The first-order valence-electron chi connectivity index (χ1n) is 9.36. The highest BCUT2D eigenvalue weighted by molar-refractivity contribution is 5.58. The van der Waals surface area contributed by atoms with E-state index in [1.54, 1.807) is 12.3 Å². The summed E-state index contributed by atoms with van der Waals surface area (Å²) < 4.78 is 26.7. The third kappa shape index (κ3) is 3.10. The molecule has 3 N–H and O–H groups in total. The second-order valence-electron chi connectivity index (χ2n) is 7.77. The Kier molecular flexibility index (Phi) is 4.36. The predicted molar refractivity (Wildman–Crippen MR) is 94.0 cm³/mol. The maximum atomic E-state index is 13.5. The molecule has 2 aliphatic carbocycles. The van der Waals surface area contributed by atoms with Gasteiger partial charge in [-0.05, 0) is 56.2 Å². The molecule has 0 unspecified atom stereocenters. The van der Waals surface area contributed by atoms with Gasteiger partial charge in [0.15, 0.2) is 11.6 Å². The smallest absolute Gasteiger partial charge is 0.159 e. The van der Waals surface area contributed by atoms with E-state index in [2.05, 4.69) is 9.97 Å². The number of halogens is 2. The Labute approximate surface area is 147 Å².